The quantitative estimate of drug-likeness (QED) is 0.464. The van der Waals surface area contributed by atoms with Crippen molar-refractivity contribution in [3.05, 3.63) is 47.5 Å². The number of hydrogen-bond acceptors (Lipinski definition) is 4. The molecule has 0 spiro atoms. The van der Waals surface area contributed by atoms with Gasteiger partial charge in [-0.15, -0.1) is 10.2 Å². The molecule has 160 valence electrons. The molecule has 0 bridgehead atoms. The second-order valence-corrected chi connectivity index (χ2v) is 6.34. The van der Waals surface area contributed by atoms with Crippen molar-refractivity contribution in [1.82, 2.24) is 25.4 Å². The molecule has 0 amide bonds. The van der Waals surface area contributed by atoms with Crippen LogP contribution in [-0.4, -0.2) is 46.6 Å². The Labute approximate surface area is 168 Å². The molecule has 7 nitrogen and oxygen atoms in total. The number of hydrogen-bond donors (Lipinski definition) is 2. The Morgan fingerprint density at radius 3 is 2.72 bits per heavy atom. The first kappa shape index (κ1) is 22.7. The highest BCUT2D eigenvalue weighted by molar-refractivity contribution is 5.79. The first-order valence-corrected chi connectivity index (χ1v) is 9.52. The number of guanidine groups is 1. The largest absolute Gasteiger partial charge is 0.411 e. The summed E-state index contributed by atoms with van der Waals surface area (Å²) >= 11 is 0. The van der Waals surface area contributed by atoms with Crippen molar-refractivity contribution in [1.29, 1.82) is 0 Å². The molecule has 10 heteroatoms. The second kappa shape index (κ2) is 11.4. The SMILES string of the molecule is CCNC(=NCc1cccc(COCC(F)(F)F)c1)NCCn1cnnc1CC. The lowest BCUT2D eigenvalue weighted by Crippen LogP contribution is -2.38. The Kier molecular flexibility index (Phi) is 8.91. The molecule has 1 aromatic carbocycles. The van der Waals surface area contributed by atoms with Gasteiger partial charge in [0, 0.05) is 26.1 Å². The van der Waals surface area contributed by atoms with E-state index in [9.17, 15) is 13.2 Å². The number of aromatic nitrogens is 3. The van der Waals surface area contributed by atoms with Crippen molar-refractivity contribution >= 4 is 5.96 Å². The summed E-state index contributed by atoms with van der Waals surface area (Å²) in [5.41, 5.74) is 1.57. The van der Waals surface area contributed by atoms with E-state index >= 15 is 0 Å². The number of aliphatic imine (C=N–C) groups is 1. The predicted octanol–water partition coefficient (Wildman–Crippen LogP) is 2.67. The van der Waals surface area contributed by atoms with Gasteiger partial charge in [-0.05, 0) is 18.1 Å². The molecule has 0 aliphatic rings. The third kappa shape index (κ3) is 8.51. The molecule has 1 heterocycles. The number of rotatable bonds is 10. The van der Waals surface area contributed by atoms with Gasteiger partial charge in [-0.1, -0.05) is 31.2 Å². The lowest BCUT2D eigenvalue weighted by molar-refractivity contribution is -0.176. The van der Waals surface area contributed by atoms with Gasteiger partial charge < -0.3 is 19.9 Å². The van der Waals surface area contributed by atoms with Gasteiger partial charge in [0.1, 0.15) is 18.8 Å². The summed E-state index contributed by atoms with van der Waals surface area (Å²) in [5, 5.41) is 14.4. The Bertz CT molecular complexity index is 775. The molecule has 0 saturated carbocycles. The van der Waals surface area contributed by atoms with Gasteiger partial charge in [-0.3, -0.25) is 0 Å². The summed E-state index contributed by atoms with van der Waals surface area (Å²) in [4.78, 5) is 4.54. The zero-order valence-electron chi connectivity index (χ0n) is 16.7. The average Bonchev–Trinajstić information content (AvgIpc) is 3.13. The predicted molar refractivity (Wildman–Crippen MR) is 104 cm³/mol. The highest BCUT2D eigenvalue weighted by Gasteiger charge is 2.27. The van der Waals surface area contributed by atoms with E-state index in [1.54, 1.807) is 24.5 Å². The number of alkyl halides is 3. The van der Waals surface area contributed by atoms with Gasteiger partial charge in [0.15, 0.2) is 5.96 Å². The van der Waals surface area contributed by atoms with Crippen molar-refractivity contribution in [2.24, 2.45) is 4.99 Å². The van der Waals surface area contributed by atoms with Crippen LogP contribution in [0.25, 0.3) is 0 Å². The molecule has 0 unspecified atom stereocenters. The third-order valence-corrected chi connectivity index (χ3v) is 3.95. The number of nitrogens with zero attached hydrogens (tertiary/aromatic N) is 4. The first-order valence-electron chi connectivity index (χ1n) is 9.52. The standard InChI is InChI=1S/C19H27F3N6O/c1-3-17-27-26-14-28(17)9-8-24-18(23-4-2)25-11-15-6-5-7-16(10-15)12-29-13-19(20,21)22/h5-7,10,14H,3-4,8-9,11-13H2,1-2H3,(H2,23,24,25). The topological polar surface area (TPSA) is 76.4 Å². The first-order chi connectivity index (χ1) is 13.9. The summed E-state index contributed by atoms with van der Waals surface area (Å²) in [6.45, 7) is 5.14. The minimum Gasteiger partial charge on any atom is -0.367 e. The van der Waals surface area contributed by atoms with Gasteiger partial charge in [0.2, 0.25) is 0 Å². The maximum atomic E-state index is 12.2. The van der Waals surface area contributed by atoms with Crippen LogP contribution in [0.2, 0.25) is 0 Å². The van der Waals surface area contributed by atoms with Crippen LogP contribution < -0.4 is 10.6 Å². The van der Waals surface area contributed by atoms with E-state index in [1.165, 1.54) is 0 Å². The number of aryl methyl sites for hydroxylation is 1. The lowest BCUT2D eigenvalue weighted by atomic mass is 10.1. The molecular weight excluding hydrogens is 385 g/mol. The molecule has 2 aromatic rings. The Hall–Kier alpha value is -2.62. The van der Waals surface area contributed by atoms with Crippen LogP contribution in [0.15, 0.2) is 35.6 Å². The molecule has 2 rings (SSSR count). The van der Waals surface area contributed by atoms with Crippen LogP contribution in [0.4, 0.5) is 13.2 Å². The van der Waals surface area contributed by atoms with E-state index in [4.69, 9.17) is 4.74 Å². The summed E-state index contributed by atoms with van der Waals surface area (Å²) in [5.74, 6) is 1.59. The van der Waals surface area contributed by atoms with Crippen molar-refractivity contribution in [2.45, 2.75) is 46.1 Å². The summed E-state index contributed by atoms with van der Waals surface area (Å²) < 4.78 is 43.3. The van der Waals surface area contributed by atoms with Crippen LogP contribution in [0, 0.1) is 0 Å². The van der Waals surface area contributed by atoms with E-state index in [0.29, 0.717) is 37.7 Å². The van der Waals surface area contributed by atoms with E-state index < -0.39 is 12.8 Å². The molecule has 0 fully saturated rings. The molecule has 2 N–H and O–H groups in total. The summed E-state index contributed by atoms with van der Waals surface area (Å²) in [6.07, 6.45) is -1.80. The second-order valence-electron chi connectivity index (χ2n) is 6.34. The van der Waals surface area contributed by atoms with E-state index in [0.717, 1.165) is 17.8 Å². The third-order valence-electron chi connectivity index (χ3n) is 3.95. The summed E-state index contributed by atoms with van der Waals surface area (Å²) in [7, 11) is 0. The van der Waals surface area contributed by atoms with Gasteiger partial charge in [-0.2, -0.15) is 13.2 Å². The fraction of sp³-hybridized carbons (Fsp3) is 0.526. The number of halogens is 3. The van der Waals surface area contributed by atoms with Gasteiger partial charge in [0.05, 0.1) is 13.2 Å². The smallest absolute Gasteiger partial charge is 0.367 e. The minimum absolute atomic E-state index is 0.0892. The number of nitrogens with one attached hydrogen (secondary N) is 2. The number of benzene rings is 1. The molecule has 0 atom stereocenters. The molecule has 29 heavy (non-hydrogen) atoms. The van der Waals surface area contributed by atoms with E-state index in [2.05, 4.69) is 25.8 Å². The lowest BCUT2D eigenvalue weighted by Gasteiger charge is -2.12. The van der Waals surface area contributed by atoms with Gasteiger partial charge in [0.25, 0.3) is 0 Å². The van der Waals surface area contributed by atoms with Crippen molar-refractivity contribution < 1.29 is 17.9 Å². The van der Waals surface area contributed by atoms with Crippen LogP contribution >= 0.6 is 0 Å². The van der Waals surface area contributed by atoms with Crippen molar-refractivity contribution in [3.63, 3.8) is 0 Å². The Morgan fingerprint density at radius 1 is 1.21 bits per heavy atom. The maximum Gasteiger partial charge on any atom is 0.411 e. The van der Waals surface area contributed by atoms with Crippen LogP contribution in [-0.2, 0) is 30.9 Å². The highest BCUT2D eigenvalue weighted by Crippen LogP contribution is 2.16. The monoisotopic (exact) mass is 412 g/mol. The van der Waals surface area contributed by atoms with Crippen LogP contribution in [0.5, 0.6) is 0 Å². The fourth-order valence-corrected chi connectivity index (χ4v) is 2.65. The normalized spacial score (nSPS) is 12.2. The minimum atomic E-state index is -4.32. The molecule has 0 radical (unpaired) electrons. The zero-order valence-corrected chi connectivity index (χ0v) is 16.7. The van der Waals surface area contributed by atoms with E-state index in [-0.39, 0.29) is 6.61 Å². The molecule has 1 aromatic heterocycles. The number of ether oxygens (including phenoxy) is 1. The van der Waals surface area contributed by atoms with Gasteiger partial charge >= 0.3 is 6.18 Å². The van der Waals surface area contributed by atoms with Gasteiger partial charge in [-0.25, -0.2) is 4.99 Å². The van der Waals surface area contributed by atoms with E-state index in [1.807, 2.05) is 24.5 Å². The molecular formula is C19H27F3N6O. The summed E-state index contributed by atoms with van der Waals surface area (Å²) in [6, 6.07) is 7.20. The maximum absolute atomic E-state index is 12.2. The van der Waals surface area contributed by atoms with Crippen LogP contribution in [0.1, 0.15) is 30.8 Å². The highest BCUT2D eigenvalue weighted by atomic mass is 19.4. The average molecular weight is 412 g/mol. The Balaban J connectivity index is 1.87. The fourth-order valence-electron chi connectivity index (χ4n) is 2.65. The molecule has 0 aliphatic carbocycles. The molecule has 0 aliphatic heterocycles. The molecule has 0 saturated heterocycles. The van der Waals surface area contributed by atoms with Crippen molar-refractivity contribution in [2.75, 3.05) is 19.7 Å². The van der Waals surface area contributed by atoms with Crippen LogP contribution in [0.3, 0.4) is 0 Å². The van der Waals surface area contributed by atoms with Crippen molar-refractivity contribution in [3.8, 4) is 0 Å². The Morgan fingerprint density at radius 2 is 2.00 bits per heavy atom. The zero-order chi connectivity index (χ0) is 21.1.